The van der Waals surface area contributed by atoms with Gasteiger partial charge in [0.05, 0.1) is 0 Å². The number of benzene rings is 17. The fourth-order valence-corrected chi connectivity index (χ4v) is 20.5. The average molecular weight is 1710 g/mol. The predicted molar refractivity (Wildman–Crippen MR) is 538 cm³/mol. The molecule has 0 radical (unpaired) electrons. The van der Waals surface area contributed by atoms with Crippen molar-refractivity contribution in [3.8, 4) is 158 Å². The Hall–Kier alpha value is -16.8. The van der Waals surface area contributed by atoms with Crippen LogP contribution in [0.2, 0.25) is 0 Å². The number of furan rings is 3. The van der Waals surface area contributed by atoms with Crippen molar-refractivity contribution < 1.29 is 13.3 Å². The molecule has 3 aliphatic rings. The van der Waals surface area contributed by atoms with E-state index in [-0.39, 0.29) is 16.2 Å². The highest BCUT2D eigenvalue weighted by molar-refractivity contribution is 6.12. The molecule has 17 aromatic carbocycles. The number of fused-ring (bicyclic) bond motifs is 21. The Labute approximate surface area is 768 Å². The van der Waals surface area contributed by atoms with E-state index in [1.807, 2.05) is 200 Å². The topological polar surface area (TPSA) is 155 Å². The van der Waals surface area contributed by atoms with Gasteiger partial charge in [-0.25, -0.2) is 44.9 Å². The quantitative estimate of drug-likeness (QED) is 0.114. The maximum Gasteiger partial charge on any atom is 0.164 e. The van der Waals surface area contributed by atoms with E-state index in [1.54, 1.807) is 0 Å². The summed E-state index contributed by atoms with van der Waals surface area (Å²) < 4.78 is 19.6. The molecule has 3 aliphatic carbocycles. The lowest BCUT2D eigenvalue weighted by molar-refractivity contribution is 0.553. The van der Waals surface area contributed by atoms with E-state index in [4.69, 9.17) is 58.1 Å². The first-order valence-corrected chi connectivity index (χ1v) is 45.4. The molecule has 12 nitrogen and oxygen atoms in total. The molecule has 133 heavy (non-hydrogen) atoms. The minimum absolute atomic E-state index is 0.208. The lowest BCUT2D eigenvalue weighted by Crippen LogP contribution is -2.19. The Morgan fingerprint density at radius 1 is 0.195 bits per heavy atom. The lowest BCUT2D eigenvalue weighted by atomic mass is 9.77. The molecule has 0 saturated heterocycles. The summed E-state index contributed by atoms with van der Waals surface area (Å²) in [6, 6.07) is 136. The molecule has 6 aromatic heterocycles. The first kappa shape index (κ1) is 79.6. The van der Waals surface area contributed by atoms with Crippen LogP contribution in [-0.2, 0) is 16.2 Å². The molecule has 0 saturated carbocycles. The van der Waals surface area contributed by atoms with E-state index in [0.717, 1.165) is 128 Å². The first-order valence-electron chi connectivity index (χ1n) is 45.4. The smallest absolute Gasteiger partial charge is 0.164 e. The van der Waals surface area contributed by atoms with Crippen molar-refractivity contribution in [3.05, 3.63) is 428 Å². The summed E-state index contributed by atoms with van der Waals surface area (Å²) >= 11 is 0. The fraction of sp³-hybridized carbons (Fsp3) is 0.0826. The molecular weight excluding hydrogens is 1630 g/mol. The van der Waals surface area contributed by atoms with E-state index in [9.17, 15) is 0 Å². The largest absolute Gasteiger partial charge is 0.456 e. The monoisotopic (exact) mass is 1710 g/mol. The van der Waals surface area contributed by atoms with Crippen LogP contribution in [0, 0.1) is 0 Å². The molecule has 0 aliphatic heterocycles. The van der Waals surface area contributed by atoms with Crippen LogP contribution in [0.25, 0.3) is 224 Å². The predicted octanol–water partition coefficient (Wildman–Crippen LogP) is 31.0. The van der Waals surface area contributed by atoms with Crippen molar-refractivity contribution in [2.45, 2.75) is 64.2 Å². The maximum absolute atomic E-state index is 6.58. The molecule has 6 heterocycles. The van der Waals surface area contributed by atoms with Gasteiger partial charge in [-0.1, -0.05) is 381 Å². The van der Waals surface area contributed by atoms with Gasteiger partial charge in [-0.3, -0.25) is 0 Å². The van der Waals surface area contributed by atoms with E-state index in [2.05, 4.69) is 236 Å². The number of nitrogens with zero attached hydrogens (tertiary/aromatic N) is 9. The minimum Gasteiger partial charge on any atom is -0.456 e. The minimum atomic E-state index is -0.227. The molecule has 0 fully saturated rings. The summed E-state index contributed by atoms with van der Waals surface area (Å²) in [5.74, 6) is 5.93. The molecule has 1 atom stereocenters. The van der Waals surface area contributed by atoms with Gasteiger partial charge in [-0.2, -0.15) is 0 Å². The zero-order valence-electron chi connectivity index (χ0n) is 74.0. The van der Waals surface area contributed by atoms with Crippen LogP contribution in [0.15, 0.2) is 408 Å². The fourth-order valence-electron chi connectivity index (χ4n) is 20.5. The van der Waals surface area contributed by atoms with E-state index in [1.165, 1.54) is 83.1 Å². The summed E-state index contributed by atoms with van der Waals surface area (Å²) in [5, 5.41) is 6.98. The van der Waals surface area contributed by atoms with Gasteiger partial charge in [0.15, 0.2) is 52.4 Å². The third-order valence-corrected chi connectivity index (χ3v) is 27.3. The number of hydrogen-bond acceptors (Lipinski definition) is 12. The van der Waals surface area contributed by atoms with Crippen LogP contribution in [0.1, 0.15) is 81.3 Å². The summed E-state index contributed by atoms with van der Waals surface area (Å²) in [6.45, 7) is 13.8. The number of rotatable bonds is 12. The Morgan fingerprint density at radius 2 is 0.474 bits per heavy atom. The molecular formula is C121H85N9O3. The number of hydrogen-bond donors (Lipinski definition) is 0. The standard InChI is InChI=1S/2C42H29N3O.C37H27N3O/c1-42(2)35-25-29(20-21-31(35)33-22-23-34-32-18-9-10-19-36(32)46-38(34)37(33)42)28-16-11-17-30(24-28)41-44-39(26-12-5-3-6-13-26)43-40(45-41)27-14-7-4-8-15-27;1-42(2)35-25-30(21-22-31(35)33-23-24-34-32-15-9-10-16-36(32)46-38(34)37(33)42)26-17-19-29(20-18-26)41-44-39(27-11-5-3-6-12-27)43-40(45-41)28-13-7-4-8-14-28;1-3-37(2)29-19-12-18-28(31(29)27-22-21-26-25-17-10-11-20-30(25)41-33(26)32(27)37)36-39-34(23-13-6-4-7-14-23)38-35(40-36)24-15-8-5-9-16-24/h2*3-25H,1-2H3;4-22H,3H2,1-2H3. The molecule has 0 N–H and O–H groups in total. The summed E-state index contributed by atoms with van der Waals surface area (Å²) in [7, 11) is 0. The Bertz CT molecular complexity index is 8370. The highest BCUT2D eigenvalue weighted by atomic mass is 16.3. The third kappa shape index (κ3) is 13.5. The van der Waals surface area contributed by atoms with E-state index < -0.39 is 0 Å². The van der Waals surface area contributed by atoms with Gasteiger partial charge >= 0.3 is 0 Å². The van der Waals surface area contributed by atoms with Gasteiger partial charge in [-0.15, -0.1) is 0 Å². The van der Waals surface area contributed by atoms with Gasteiger partial charge < -0.3 is 13.3 Å². The van der Waals surface area contributed by atoms with Gasteiger partial charge in [0.1, 0.15) is 33.5 Å². The van der Waals surface area contributed by atoms with E-state index >= 15 is 0 Å². The van der Waals surface area contributed by atoms with Crippen LogP contribution >= 0.6 is 0 Å². The van der Waals surface area contributed by atoms with Crippen molar-refractivity contribution >= 4 is 65.8 Å². The second kappa shape index (κ2) is 31.8. The second-order valence-electron chi connectivity index (χ2n) is 35.8. The van der Waals surface area contributed by atoms with Crippen LogP contribution in [-0.4, -0.2) is 44.9 Å². The summed E-state index contributed by atoms with van der Waals surface area (Å²) in [6.07, 6.45) is 0.939. The second-order valence-corrected chi connectivity index (χ2v) is 35.8. The molecule has 0 spiro atoms. The molecule has 632 valence electrons. The molecule has 1 unspecified atom stereocenters. The van der Waals surface area contributed by atoms with E-state index in [0.29, 0.717) is 52.4 Å². The van der Waals surface area contributed by atoms with Gasteiger partial charge in [0.25, 0.3) is 0 Å². The SMILES string of the molecule is CC1(C)c2cc(-c3ccc(-c4nc(-c5ccccc5)nc(-c5ccccc5)n4)cc3)ccc2-c2ccc3c(oc4ccccc43)c21.CC1(C)c2cc(-c3cccc(-c4nc(-c5ccccc5)nc(-c5ccccc5)n4)c3)ccc2-c2ccc3c(oc4ccccc43)c21.CCC1(C)c2cccc(-c3nc(-c4ccccc4)nc(-c4ccccc4)n3)c2-c2ccc3c(oc4ccccc43)c21. The van der Waals surface area contributed by atoms with Crippen LogP contribution in [0.5, 0.6) is 0 Å². The third-order valence-electron chi connectivity index (χ3n) is 27.3. The average Bonchev–Trinajstić information content (AvgIpc) is 1.58. The first-order chi connectivity index (χ1) is 65.2. The molecule has 0 bridgehead atoms. The van der Waals surface area contributed by atoms with Gasteiger partial charge in [0, 0.05) is 115 Å². The summed E-state index contributed by atoms with van der Waals surface area (Å²) in [4.78, 5) is 44.5. The van der Waals surface area contributed by atoms with Crippen molar-refractivity contribution in [1.29, 1.82) is 0 Å². The van der Waals surface area contributed by atoms with Gasteiger partial charge in [0.2, 0.25) is 0 Å². The molecule has 12 heteroatoms. The Kier molecular flexibility index (Phi) is 19.0. The zero-order chi connectivity index (χ0) is 89.2. The normalized spacial score (nSPS) is 14.0. The van der Waals surface area contributed by atoms with Crippen molar-refractivity contribution in [2.75, 3.05) is 0 Å². The zero-order valence-corrected chi connectivity index (χ0v) is 74.0. The van der Waals surface area contributed by atoms with Crippen molar-refractivity contribution in [3.63, 3.8) is 0 Å². The van der Waals surface area contributed by atoms with Crippen molar-refractivity contribution in [1.82, 2.24) is 44.9 Å². The van der Waals surface area contributed by atoms with Crippen LogP contribution in [0.3, 0.4) is 0 Å². The van der Waals surface area contributed by atoms with Crippen LogP contribution < -0.4 is 0 Å². The lowest BCUT2D eigenvalue weighted by Gasteiger charge is -2.25. The summed E-state index contributed by atoms with van der Waals surface area (Å²) in [5.41, 5.74) is 33.4. The highest BCUT2D eigenvalue weighted by Gasteiger charge is 2.44. The highest BCUT2D eigenvalue weighted by Crippen LogP contribution is 2.59. The molecule has 26 rings (SSSR count). The van der Waals surface area contributed by atoms with Crippen molar-refractivity contribution in [2.24, 2.45) is 0 Å². The Balaban J connectivity index is 0.000000110. The maximum atomic E-state index is 6.58. The molecule has 23 aromatic rings. The number of para-hydroxylation sites is 3. The number of aromatic nitrogens is 9. The Morgan fingerprint density at radius 3 is 0.857 bits per heavy atom. The molecule has 0 amide bonds. The van der Waals surface area contributed by atoms with Gasteiger partial charge in [-0.05, 0) is 133 Å². The van der Waals surface area contributed by atoms with Crippen LogP contribution in [0.4, 0.5) is 0 Å².